The molecule has 1 aliphatic carbocycles. The highest BCUT2D eigenvalue weighted by Crippen LogP contribution is 2.37. The van der Waals surface area contributed by atoms with Crippen LogP contribution >= 0.6 is 0 Å². The maximum atomic E-state index is 6.37. The Bertz CT molecular complexity index is 255. The number of ether oxygens (including phenoxy) is 1. The van der Waals surface area contributed by atoms with Gasteiger partial charge in [-0.15, -0.1) is 0 Å². The monoisotopic (exact) mass is 240 g/mol. The van der Waals surface area contributed by atoms with Crippen molar-refractivity contribution in [2.45, 2.75) is 64.6 Å². The van der Waals surface area contributed by atoms with Crippen LogP contribution in [0.5, 0.6) is 0 Å². The van der Waals surface area contributed by atoms with Crippen molar-refractivity contribution in [3.8, 4) is 0 Å². The molecule has 2 rings (SSSR count). The first-order chi connectivity index (χ1) is 8.03. The Morgan fingerprint density at radius 3 is 2.88 bits per heavy atom. The second-order valence-corrected chi connectivity index (χ2v) is 6.51. The Balaban J connectivity index is 2.07. The quantitative estimate of drug-likeness (QED) is 0.802. The Morgan fingerprint density at radius 1 is 1.41 bits per heavy atom. The average Bonchev–Trinajstić information content (AvgIpc) is 2.32. The molecule has 100 valence electrons. The number of nitrogens with zero attached hydrogens (tertiary/aromatic N) is 1. The topological polar surface area (TPSA) is 38.5 Å². The van der Waals surface area contributed by atoms with Gasteiger partial charge in [0.1, 0.15) is 0 Å². The lowest BCUT2D eigenvalue weighted by Gasteiger charge is -2.48. The van der Waals surface area contributed by atoms with E-state index in [1.165, 1.54) is 25.7 Å². The zero-order valence-corrected chi connectivity index (χ0v) is 11.6. The molecule has 3 atom stereocenters. The van der Waals surface area contributed by atoms with Crippen molar-refractivity contribution >= 4 is 0 Å². The van der Waals surface area contributed by atoms with Crippen molar-refractivity contribution in [3.05, 3.63) is 0 Å². The summed E-state index contributed by atoms with van der Waals surface area (Å²) in [6.45, 7) is 9.85. The van der Waals surface area contributed by atoms with Crippen LogP contribution in [0.15, 0.2) is 0 Å². The third-order valence-electron chi connectivity index (χ3n) is 4.58. The molecule has 17 heavy (non-hydrogen) atoms. The number of morpholine rings is 1. The van der Waals surface area contributed by atoms with Crippen LogP contribution in [0.1, 0.15) is 46.5 Å². The first-order valence-electron chi connectivity index (χ1n) is 7.12. The number of hydrogen-bond donors (Lipinski definition) is 1. The normalized spacial score (nSPS) is 39.2. The first-order valence-corrected chi connectivity index (χ1v) is 7.12. The van der Waals surface area contributed by atoms with E-state index < -0.39 is 0 Å². The van der Waals surface area contributed by atoms with Gasteiger partial charge in [0.2, 0.25) is 0 Å². The molecule has 0 radical (unpaired) electrons. The smallest absolute Gasteiger partial charge is 0.0622 e. The summed E-state index contributed by atoms with van der Waals surface area (Å²) in [5.74, 6) is 0. The molecular weight excluding hydrogens is 212 g/mol. The summed E-state index contributed by atoms with van der Waals surface area (Å²) >= 11 is 0. The van der Waals surface area contributed by atoms with E-state index >= 15 is 0 Å². The van der Waals surface area contributed by atoms with E-state index in [1.807, 2.05) is 0 Å². The van der Waals surface area contributed by atoms with Gasteiger partial charge in [-0.25, -0.2) is 0 Å². The summed E-state index contributed by atoms with van der Waals surface area (Å²) in [6.07, 6.45) is 4.85. The van der Waals surface area contributed by atoms with E-state index in [0.717, 1.165) is 19.8 Å². The van der Waals surface area contributed by atoms with E-state index in [0.29, 0.717) is 23.5 Å². The van der Waals surface area contributed by atoms with Crippen LogP contribution in [-0.2, 0) is 4.74 Å². The molecule has 2 fully saturated rings. The molecule has 2 N–H and O–H groups in total. The maximum absolute atomic E-state index is 6.37. The van der Waals surface area contributed by atoms with Crippen LogP contribution < -0.4 is 5.73 Å². The van der Waals surface area contributed by atoms with Crippen molar-refractivity contribution in [3.63, 3.8) is 0 Å². The van der Waals surface area contributed by atoms with Crippen molar-refractivity contribution in [1.82, 2.24) is 4.90 Å². The molecule has 2 aliphatic rings. The summed E-state index contributed by atoms with van der Waals surface area (Å²) < 4.78 is 5.60. The molecule has 0 amide bonds. The van der Waals surface area contributed by atoms with Gasteiger partial charge in [-0.1, -0.05) is 20.8 Å². The van der Waals surface area contributed by atoms with E-state index in [2.05, 4.69) is 25.7 Å². The molecule has 0 aromatic carbocycles. The second kappa shape index (κ2) is 5.25. The third kappa shape index (κ3) is 3.01. The van der Waals surface area contributed by atoms with Gasteiger partial charge in [0, 0.05) is 24.7 Å². The second-order valence-electron chi connectivity index (χ2n) is 6.51. The summed E-state index contributed by atoms with van der Waals surface area (Å²) in [7, 11) is 0. The molecule has 0 spiro atoms. The molecule has 3 unspecified atom stereocenters. The number of nitrogens with two attached hydrogens (primary N) is 1. The van der Waals surface area contributed by atoms with Gasteiger partial charge >= 0.3 is 0 Å². The lowest BCUT2D eigenvalue weighted by molar-refractivity contribution is -0.0527. The highest BCUT2D eigenvalue weighted by Gasteiger charge is 2.39. The van der Waals surface area contributed by atoms with Gasteiger partial charge in [-0.05, 0) is 31.1 Å². The van der Waals surface area contributed by atoms with Gasteiger partial charge in [0.15, 0.2) is 0 Å². The molecule has 1 saturated carbocycles. The maximum Gasteiger partial charge on any atom is 0.0622 e. The van der Waals surface area contributed by atoms with Crippen LogP contribution in [0.25, 0.3) is 0 Å². The number of rotatable bonds is 2. The fourth-order valence-electron chi connectivity index (χ4n) is 3.39. The molecule has 1 saturated heterocycles. The molecule has 1 heterocycles. The summed E-state index contributed by atoms with van der Waals surface area (Å²) in [4.78, 5) is 2.63. The molecule has 0 aromatic rings. The van der Waals surface area contributed by atoms with E-state index in [9.17, 15) is 0 Å². The van der Waals surface area contributed by atoms with Crippen molar-refractivity contribution in [2.24, 2.45) is 11.1 Å². The van der Waals surface area contributed by atoms with Crippen molar-refractivity contribution in [1.29, 1.82) is 0 Å². The van der Waals surface area contributed by atoms with Gasteiger partial charge < -0.3 is 10.5 Å². The Labute approximate surface area is 106 Å². The minimum Gasteiger partial charge on any atom is -0.378 e. The van der Waals surface area contributed by atoms with Crippen LogP contribution in [0.3, 0.4) is 0 Å². The van der Waals surface area contributed by atoms with Gasteiger partial charge in [0.05, 0.1) is 13.2 Å². The molecular formula is C14H28N2O. The molecule has 0 bridgehead atoms. The van der Waals surface area contributed by atoms with Gasteiger partial charge in [0.25, 0.3) is 0 Å². The molecule has 1 aliphatic heterocycles. The predicted octanol–water partition coefficient (Wildman–Crippen LogP) is 2.00. The minimum atomic E-state index is 0.357. The Hall–Kier alpha value is -0.120. The zero-order valence-electron chi connectivity index (χ0n) is 11.6. The fraction of sp³-hybridized carbons (Fsp3) is 1.00. The minimum absolute atomic E-state index is 0.357. The first kappa shape index (κ1) is 13.3. The highest BCUT2D eigenvalue weighted by atomic mass is 16.5. The van der Waals surface area contributed by atoms with E-state index in [1.54, 1.807) is 0 Å². The largest absolute Gasteiger partial charge is 0.378 e. The van der Waals surface area contributed by atoms with E-state index in [-0.39, 0.29) is 0 Å². The lowest BCUT2D eigenvalue weighted by Crippen LogP contribution is -2.59. The summed E-state index contributed by atoms with van der Waals surface area (Å²) in [5.41, 5.74) is 6.82. The van der Waals surface area contributed by atoms with Crippen LogP contribution in [-0.4, -0.2) is 42.8 Å². The zero-order chi connectivity index (χ0) is 12.5. The predicted molar refractivity (Wildman–Crippen MR) is 71.0 cm³/mol. The number of hydrogen-bond acceptors (Lipinski definition) is 3. The van der Waals surface area contributed by atoms with E-state index in [4.69, 9.17) is 10.5 Å². The molecule has 3 heteroatoms. The van der Waals surface area contributed by atoms with Crippen LogP contribution in [0.2, 0.25) is 0 Å². The molecule has 3 nitrogen and oxygen atoms in total. The third-order valence-corrected chi connectivity index (χ3v) is 4.58. The van der Waals surface area contributed by atoms with Crippen LogP contribution in [0, 0.1) is 5.41 Å². The summed E-state index contributed by atoms with van der Waals surface area (Å²) in [6, 6.07) is 1.50. The summed E-state index contributed by atoms with van der Waals surface area (Å²) in [5, 5.41) is 0. The average molecular weight is 240 g/mol. The van der Waals surface area contributed by atoms with Crippen LogP contribution in [0.4, 0.5) is 0 Å². The van der Waals surface area contributed by atoms with Gasteiger partial charge in [-0.2, -0.15) is 0 Å². The standard InChI is InChI=1S/C14H28N2O/c1-4-11-10-17-8-7-16(11)13-9-14(2,3)6-5-12(13)15/h11-13H,4-10,15H2,1-3H3. The fourth-order valence-corrected chi connectivity index (χ4v) is 3.39. The van der Waals surface area contributed by atoms with Gasteiger partial charge in [-0.3, -0.25) is 4.90 Å². The lowest BCUT2D eigenvalue weighted by atomic mass is 9.72. The Morgan fingerprint density at radius 2 is 2.18 bits per heavy atom. The van der Waals surface area contributed by atoms with Crippen molar-refractivity contribution in [2.75, 3.05) is 19.8 Å². The molecule has 0 aromatic heterocycles. The highest BCUT2D eigenvalue weighted by molar-refractivity contribution is 4.95. The Kier molecular flexibility index (Phi) is 4.11. The SMILES string of the molecule is CCC1COCCN1C1CC(C)(C)CCC1N. The van der Waals surface area contributed by atoms with Crippen molar-refractivity contribution < 1.29 is 4.74 Å².